The van der Waals surface area contributed by atoms with E-state index in [0.29, 0.717) is 5.56 Å². The summed E-state index contributed by atoms with van der Waals surface area (Å²) >= 11 is 1.60. The maximum Gasteiger partial charge on any atom is 0.224 e. The summed E-state index contributed by atoms with van der Waals surface area (Å²) in [4.78, 5) is 19.6. The van der Waals surface area contributed by atoms with E-state index in [-0.39, 0.29) is 11.3 Å². The van der Waals surface area contributed by atoms with Crippen LogP contribution in [0.1, 0.15) is 20.8 Å². The van der Waals surface area contributed by atoms with Crippen molar-refractivity contribution in [2.24, 2.45) is 0 Å². The molecule has 118 valence electrons. The number of benzene rings is 1. The molecule has 3 rings (SSSR count). The number of hydrogen-bond donors (Lipinski definition) is 0. The molecule has 0 atom stereocenters. The SMILES string of the molecule is CN(C)CCc1sc2ccccc2c1C(=O)c1cccnc1F. The van der Waals surface area contributed by atoms with Crippen molar-refractivity contribution in [3.8, 4) is 0 Å². The second-order valence-corrected chi connectivity index (χ2v) is 6.76. The molecule has 3 aromatic rings. The number of hydrogen-bond acceptors (Lipinski definition) is 4. The first-order chi connectivity index (χ1) is 11.1. The lowest BCUT2D eigenvalue weighted by atomic mass is 10.00. The molecule has 0 aliphatic heterocycles. The molecular weight excluding hydrogens is 311 g/mol. The minimum Gasteiger partial charge on any atom is -0.309 e. The van der Waals surface area contributed by atoms with Gasteiger partial charge >= 0.3 is 0 Å². The molecule has 0 radical (unpaired) electrons. The third-order valence-electron chi connectivity index (χ3n) is 3.69. The lowest BCUT2D eigenvalue weighted by Gasteiger charge is -2.09. The van der Waals surface area contributed by atoms with Crippen molar-refractivity contribution >= 4 is 27.2 Å². The standard InChI is InChI=1S/C18H17FN2OS/c1-21(2)11-9-15-16(12-6-3-4-8-14(12)23-15)17(22)13-7-5-10-20-18(13)19/h3-8,10H,9,11H2,1-2H3. The molecule has 2 aromatic heterocycles. The van der Waals surface area contributed by atoms with Gasteiger partial charge in [-0.25, -0.2) is 4.98 Å². The molecule has 3 nitrogen and oxygen atoms in total. The summed E-state index contributed by atoms with van der Waals surface area (Å²) in [6, 6.07) is 10.9. The molecule has 0 aliphatic rings. The van der Waals surface area contributed by atoms with Crippen molar-refractivity contribution in [3.05, 3.63) is 64.5 Å². The highest BCUT2D eigenvalue weighted by atomic mass is 32.1. The maximum atomic E-state index is 13.9. The predicted molar refractivity (Wildman–Crippen MR) is 91.7 cm³/mol. The molecule has 5 heteroatoms. The Labute approximate surface area is 138 Å². The smallest absolute Gasteiger partial charge is 0.224 e. The molecule has 0 bridgehead atoms. The largest absolute Gasteiger partial charge is 0.309 e. The van der Waals surface area contributed by atoms with E-state index < -0.39 is 5.95 Å². The van der Waals surface area contributed by atoms with Crippen LogP contribution in [0, 0.1) is 5.95 Å². The average molecular weight is 328 g/mol. The van der Waals surface area contributed by atoms with Crippen molar-refractivity contribution in [3.63, 3.8) is 0 Å². The fourth-order valence-corrected chi connectivity index (χ4v) is 3.73. The minimum absolute atomic E-state index is 0.0298. The maximum absolute atomic E-state index is 13.9. The predicted octanol–water partition coefficient (Wildman–Crippen LogP) is 3.77. The molecule has 0 fully saturated rings. The summed E-state index contributed by atoms with van der Waals surface area (Å²) in [5, 5.41) is 0.888. The number of fused-ring (bicyclic) bond motifs is 1. The van der Waals surface area contributed by atoms with Crippen LogP contribution in [0.3, 0.4) is 0 Å². The Morgan fingerprint density at radius 3 is 2.74 bits per heavy atom. The molecule has 0 unspecified atom stereocenters. The topological polar surface area (TPSA) is 33.2 Å². The number of thiophene rings is 1. The van der Waals surface area contributed by atoms with Gasteiger partial charge in [0.25, 0.3) is 0 Å². The number of likely N-dealkylation sites (N-methyl/N-ethyl adjacent to an activating group) is 1. The minimum atomic E-state index is -0.716. The van der Waals surface area contributed by atoms with Crippen LogP contribution in [0.4, 0.5) is 4.39 Å². The number of aromatic nitrogens is 1. The Morgan fingerprint density at radius 2 is 2.00 bits per heavy atom. The second kappa shape index (κ2) is 6.56. The molecule has 0 aliphatic carbocycles. The van der Waals surface area contributed by atoms with Gasteiger partial charge < -0.3 is 4.90 Å². The van der Waals surface area contributed by atoms with Gasteiger partial charge in [-0.15, -0.1) is 11.3 Å². The Hall–Kier alpha value is -2.11. The van der Waals surface area contributed by atoms with Crippen molar-refractivity contribution in [1.82, 2.24) is 9.88 Å². The van der Waals surface area contributed by atoms with Gasteiger partial charge in [0.15, 0.2) is 5.78 Å². The van der Waals surface area contributed by atoms with Crippen molar-refractivity contribution in [2.45, 2.75) is 6.42 Å². The highest BCUT2D eigenvalue weighted by Crippen LogP contribution is 2.33. The third kappa shape index (κ3) is 3.16. The van der Waals surface area contributed by atoms with Crippen LogP contribution >= 0.6 is 11.3 Å². The van der Waals surface area contributed by atoms with E-state index in [1.807, 2.05) is 38.4 Å². The Bertz CT molecular complexity index is 857. The number of carbonyl (C=O) groups is 1. The van der Waals surface area contributed by atoms with Crippen LogP contribution in [0.25, 0.3) is 10.1 Å². The fraction of sp³-hybridized carbons (Fsp3) is 0.222. The number of carbonyl (C=O) groups excluding carboxylic acids is 1. The van der Waals surface area contributed by atoms with E-state index in [1.165, 1.54) is 12.3 Å². The Morgan fingerprint density at radius 1 is 1.22 bits per heavy atom. The van der Waals surface area contributed by atoms with E-state index >= 15 is 0 Å². The van der Waals surface area contributed by atoms with Gasteiger partial charge in [0.1, 0.15) is 0 Å². The van der Waals surface area contributed by atoms with Crippen LogP contribution < -0.4 is 0 Å². The summed E-state index contributed by atoms with van der Waals surface area (Å²) in [6.07, 6.45) is 2.11. The van der Waals surface area contributed by atoms with E-state index in [2.05, 4.69) is 9.88 Å². The monoisotopic (exact) mass is 328 g/mol. The van der Waals surface area contributed by atoms with Crippen molar-refractivity contribution in [2.75, 3.05) is 20.6 Å². The molecule has 23 heavy (non-hydrogen) atoms. The number of nitrogens with zero attached hydrogens (tertiary/aromatic N) is 2. The number of ketones is 1. The van der Waals surface area contributed by atoms with E-state index in [4.69, 9.17) is 0 Å². The van der Waals surface area contributed by atoms with Gasteiger partial charge in [-0.1, -0.05) is 18.2 Å². The average Bonchev–Trinajstić information content (AvgIpc) is 2.91. The first-order valence-electron chi connectivity index (χ1n) is 7.38. The molecule has 0 saturated carbocycles. The second-order valence-electron chi connectivity index (χ2n) is 5.62. The van der Waals surface area contributed by atoms with Gasteiger partial charge in [0.05, 0.1) is 5.56 Å². The molecule has 0 amide bonds. The van der Waals surface area contributed by atoms with E-state index in [9.17, 15) is 9.18 Å². The van der Waals surface area contributed by atoms with Gasteiger partial charge in [-0.2, -0.15) is 4.39 Å². The van der Waals surface area contributed by atoms with Gasteiger partial charge in [-0.3, -0.25) is 4.79 Å². The van der Waals surface area contributed by atoms with Crippen LogP contribution in [-0.4, -0.2) is 36.3 Å². The highest BCUT2D eigenvalue weighted by Gasteiger charge is 2.22. The van der Waals surface area contributed by atoms with Crippen molar-refractivity contribution < 1.29 is 9.18 Å². The van der Waals surface area contributed by atoms with Crippen LogP contribution in [0.2, 0.25) is 0 Å². The third-order valence-corrected chi connectivity index (χ3v) is 4.92. The van der Waals surface area contributed by atoms with E-state index in [1.54, 1.807) is 17.4 Å². The van der Waals surface area contributed by atoms with Crippen LogP contribution in [0.5, 0.6) is 0 Å². The van der Waals surface area contributed by atoms with Crippen molar-refractivity contribution in [1.29, 1.82) is 0 Å². The number of halogens is 1. The number of rotatable bonds is 5. The van der Waals surface area contributed by atoms with Crippen LogP contribution in [0.15, 0.2) is 42.6 Å². The number of pyridine rings is 1. The molecule has 1 aromatic carbocycles. The fourth-order valence-electron chi connectivity index (χ4n) is 2.54. The van der Waals surface area contributed by atoms with Gasteiger partial charge in [-0.05, 0) is 38.7 Å². The zero-order valence-corrected chi connectivity index (χ0v) is 13.9. The Balaban J connectivity index is 2.12. The lowest BCUT2D eigenvalue weighted by molar-refractivity contribution is 0.103. The normalized spacial score (nSPS) is 11.3. The summed E-state index contributed by atoms with van der Waals surface area (Å²) in [7, 11) is 3.99. The molecule has 2 heterocycles. The summed E-state index contributed by atoms with van der Waals surface area (Å²) in [5.41, 5.74) is 0.640. The molecule has 0 spiro atoms. The van der Waals surface area contributed by atoms with Gasteiger partial charge in [0, 0.05) is 33.3 Å². The van der Waals surface area contributed by atoms with E-state index in [0.717, 1.165) is 27.9 Å². The summed E-state index contributed by atoms with van der Waals surface area (Å²) in [5.74, 6) is -1.01. The first-order valence-corrected chi connectivity index (χ1v) is 8.20. The zero-order chi connectivity index (χ0) is 16.4. The zero-order valence-electron chi connectivity index (χ0n) is 13.0. The summed E-state index contributed by atoms with van der Waals surface area (Å²) in [6.45, 7) is 0.836. The molecule has 0 saturated heterocycles. The quantitative estimate of drug-likeness (QED) is 0.528. The molecule has 0 N–H and O–H groups in total. The van der Waals surface area contributed by atoms with Gasteiger partial charge in [0.2, 0.25) is 5.95 Å². The lowest BCUT2D eigenvalue weighted by Crippen LogP contribution is -2.16. The molecular formula is C18H17FN2OS. The Kier molecular flexibility index (Phi) is 4.50. The highest BCUT2D eigenvalue weighted by molar-refractivity contribution is 7.19. The summed E-state index contributed by atoms with van der Waals surface area (Å²) < 4.78 is 15.0. The van der Waals surface area contributed by atoms with Crippen LogP contribution in [-0.2, 0) is 6.42 Å². The first kappa shape index (κ1) is 15.8.